The zero-order chi connectivity index (χ0) is 9.40. The lowest BCUT2D eigenvalue weighted by atomic mass is 10.2. The van der Waals surface area contributed by atoms with Crippen LogP contribution in [0.2, 0.25) is 0 Å². The molecule has 0 aliphatic carbocycles. The lowest BCUT2D eigenvalue weighted by molar-refractivity contribution is 0.510. The molecule has 0 saturated heterocycles. The minimum atomic E-state index is -0.663. The summed E-state index contributed by atoms with van der Waals surface area (Å²) >= 11 is 0. The molecule has 74 valence electrons. The van der Waals surface area contributed by atoms with E-state index in [1.54, 1.807) is 6.26 Å². The van der Waals surface area contributed by atoms with Crippen LogP contribution < -0.4 is 5.32 Å². The quantitative estimate of drug-likeness (QED) is 0.661. The second-order valence-electron chi connectivity index (χ2n) is 3.18. The Morgan fingerprint density at radius 1 is 1.33 bits per heavy atom. The predicted molar refractivity (Wildman–Crippen MR) is 55.9 cm³/mol. The summed E-state index contributed by atoms with van der Waals surface area (Å²) in [6, 6.07) is 0.459. The molecule has 2 atom stereocenters. The van der Waals surface area contributed by atoms with Crippen molar-refractivity contribution in [2.24, 2.45) is 0 Å². The molecule has 0 aliphatic rings. The predicted octanol–water partition coefficient (Wildman–Crippen LogP) is 1.53. The SMILES string of the molecule is CCCNC(CCC)CS(C)=O. The van der Waals surface area contributed by atoms with E-state index in [2.05, 4.69) is 19.2 Å². The zero-order valence-electron chi connectivity index (χ0n) is 8.43. The molecule has 0 aliphatic heterocycles. The van der Waals surface area contributed by atoms with Crippen LogP contribution in [0.3, 0.4) is 0 Å². The standard InChI is InChI=1S/C9H21NOS/c1-4-6-9(8-12(3)11)10-7-5-2/h9-10H,4-8H2,1-3H3. The number of nitrogens with one attached hydrogen (secondary N) is 1. The van der Waals surface area contributed by atoms with Crippen molar-refractivity contribution in [1.29, 1.82) is 0 Å². The summed E-state index contributed by atoms with van der Waals surface area (Å²) in [5, 5.41) is 3.41. The van der Waals surface area contributed by atoms with Gasteiger partial charge in [-0.3, -0.25) is 4.21 Å². The molecular weight excluding hydrogens is 170 g/mol. The van der Waals surface area contributed by atoms with Gasteiger partial charge in [-0.1, -0.05) is 20.3 Å². The highest BCUT2D eigenvalue weighted by Gasteiger charge is 2.07. The summed E-state index contributed by atoms with van der Waals surface area (Å²) in [6.45, 7) is 5.36. The highest BCUT2D eigenvalue weighted by atomic mass is 32.2. The van der Waals surface area contributed by atoms with Crippen molar-refractivity contribution >= 4 is 10.8 Å². The second kappa shape index (κ2) is 7.74. The van der Waals surface area contributed by atoms with E-state index in [4.69, 9.17) is 0 Å². The molecule has 0 fully saturated rings. The summed E-state index contributed by atoms with van der Waals surface area (Å²) in [7, 11) is -0.663. The largest absolute Gasteiger partial charge is 0.313 e. The van der Waals surface area contributed by atoms with Gasteiger partial charge in [0, 0.05) is 28.9 Å². The Labute approximate surface area is 78.6 Å². The first kappa shape index (κ1) is 12.1. The van der Waals surface area contributed by atoms with Gasteiger partial charge in [-0.05, 0) is 19.4 Å². The van der Waals surface area contributed by atoms with E-state index in [-0.39, 0.29) is 0 Å². The van der Waals surface area contributed by atoms with E-state index in [1.807, 2.05) is 0 Å². The van der Waals surface area contributed by atoms with E-state index in [1.165, 1.54) is 6.42 Å². The van der Waals surface area contributed by atoms with Crippen molar-refractivity contribution in [2.45, 2.75) is 39.2 Å². The third-order valence-corrected chi connectivity index (χ3v) is 2.63. The van der Waals surface area contributed by atoms with Crippen LogP contribution in [0.15, 0.2) is 0 Å². The molecular formula is C9H21NOS. The van der Waals surface area contributed by atoms with Crippen molar-refractivity contribution in [2.75, 3.05) is 18.6 Å². The first-order valence-electron chi connectivity index (χ1n) is 4.74. The van der Waals surface area contributed by atoms with E-state index in [0.29, 0.717) is 6.04 Å². The molecule has 0 aromatic rings. The summed E-state index contributed by atoms with van der Waals surface area (Å²) in [4.78, 5) is 0. The molecule has 3 heteroatoms. The minimum absolute atomic E-state index is 0.459. The maximum atomic E-state index is 11.0. The van der Waals surface area contributed by atoms with Gasteiger partial charge in [0.1, 0.15) is 0 Å². The normalized spacial score (nSPS) is 15.9. The first-order valence-corrected chi connectivity index (χ1v) is 6.46. The van der Waals surface area contributed by atoms with Crippen LogP contribution in [-0.2, 0) is 10.8 Å². The molecule has 0 amide bonds. The van der Waals surface area contributed by atoms with E-state index >= 15 is 0 Å². The van der Waals surface area contributed by atoms with Crippen LogP contribution >= 0.6 is 0 Å². The molecule has 0 heterocycles. The van der Waals surface area contributed by atoms with E-state index in [0.717, 1.165) is 25.1 Å². The lowest BCUT2D eigenvalue weighted by Crippen LogP contribution is -2.34. The molecule has 0 saturated carbocycles. The number of hydrogen-bond donors (Lipinski definition) is 1. The maximum absolute atomic E-state index is 11.0. The van der Waals surface area contributed by atoms with Crippen LogP contribution in [0.4, 0.5) is 0 Å². The summed E-state index contributed by atoms with van der Waals surface area (Å²) < 4.78 is 11.0. The Morgan fingerprint density at radius 2 is 2.00 bits per heavy atom. The van der Waals surface area contributed by atoms with Crippen LogP contribution in [0, 0.1) is 0 Å². The van der Waals surface area contributed by atoms with Crippen molar-refractivity contribution in [3.8, 4) is 0 Å². The van der Waals surface area contributed by atoms with Crippen molar-refractivity contribution < 1.29 is 4.21 Å². The highest BCUT2D eigenvalue weighted by Crippen LogP contribution is 1.98. The molecule has 0 radical (unpaired) electrons. The average Bonchev–Trinajstić information content (AvgIpc) is 2.00. The summed E-state index contributed by atoms with van der Waals surface area (Å²) in [5.41, 5.74) is 0. The smallest absolute Gasteiger partial charge is 0.0385 e. The minimum Gasteiger partial charge on any atom is -0.313 e. The average molecular weight is 191 g/mol. The number of rotatable bonds is 7. The Morgan fingerprint density at radius 3 is 2.42 bits per heavy atom. The van der Waals surface area contributed by atoms with Gasteiger partial charge in [0.25, 0.3) is 0 Å². The van der Waals surface area contributed by atoms with Gasteiger partial charge in [-0.2, -0.15) is 0 Å². The molecule has 0 aromatic carbocycles. The Balaban J connectivity index is 3.61. The summed E-state index contributed by atoms with van der Waals surface area (Å²) in [6.07, 6.45) is 5.23. The molecule has 0 rings (SSSR count). The van der Waals surface area contributed by atoms with Gasteiger partial charge in [0.2, 0.25) is 0 Å². The highest BCUT2D eigenvalue weighted by molar-refractivity contribution is 7.84. The molecule has 0 spiro atoms. The molecule has 1 N–H and O–H groups in total. The maximum Gasteiger partial charge on any atom is 0.0385 e. The fourth-order valence-electron chi connectivity index (χ4n) is 1.22. The van der Waals surface area contributed by atoms with E-state index < -0.39 is 10.8 Å². The third-order valence-electron chi connectivity index (χ3n) is 1.76. The van der Waals surface area contributed by atoms with Crippen LogP contribution in [0.5, 0.6) is 0 Å². The van der Waals surface area contributed by atoms with Crippen LogP contribution in [0.1, 0.15) is 33.1 Å². The van der Waals surface area contributed by atoms with Gasteiger partial charge in [-0.25, -0.2) is 0 Å². The van der Waals surface area contributed by atoms with Crippen molar-refractivity contribution in [1.82, 2.24) is 5.32 Å². The van der Waals surface area contributed by atoms with Gasteiger partial charge >= 0.3 is 0 Å². The van der Waals surface area contributed by atoms with Gasteiger partial charge < -0.3 is 5.32 Å². The Bertz CT molecular complexity index is 128. The fraction of sp³-hybridized carbons (Fsp3) is 1.00. The van der Waals surface area contributed by atoms with Gasteiger partial charge in [0.15, 0.2) is 0 Å². The zero-order valence-corrected chi connectivity index (χ0v) is 9.25. The van der Waals surface area contributed by atoms with Crippen LogP contribution in [0.25, 0.3) is 0 Å². The first-order chi connectivity index (χ1) is 5.70. The monoisotopic (exact) mass is 191 g/mol. The lowest BCUT2D eigenvalue weighted by Gasteiger charge is -2.15. The Hall–Kier alpha value is 0.110. The summed E-state index contributed by atoms with van der Waals surface area (Å²) in [5.74, 6) is 0.799. The molecule has 2 nitrogen and oxygen atoms in total. The molecule has 0 aromatic heterocycles. The third kappa shape index (κ3) is 6.80. The second-order valence-corrected chi connectivity index (χ2v) is 4.66. The molecule has 0 bridgehead atoms. The Kier molecular flexibility index (Phi) is 7.81. The van der Waals surface area contributed by atoms with Crippen molar-refractivity contribution in [3.63, 3.8) is 0 Å². The van der Waals surface area contributed by atoms with Crippen LogP contribution in [-0.4, -0.2) is 28.8 Å². The number of hydrogen-bond acceptors (Lipinski definition) is 2. The molecule has 2 unspecified atom stereocenters. The van der Waals surface area contributed by atoms with E-state index in [9.17, 15) is 4.21 Å². The van der Waals surface area contributed by atoms with Gasteiger partial charge in [-0.15, -0.1) is 0 Å². The van der Waals surface area contributed by atoms with Crippen molar-refractivity contribution in [3.05, 3.63) is 0 Å². The molecule has 12 heavy (non-hydrogen) atoms. The van der Waals surface area contributed by atoms with Gasteiger partial charge in [0.05, 0.1) is 0 Å². The fourth-order valence-corrected chi connectivity index (χ4v) is 2.08. The topological polar surface area (TPSA) is 29.1 Å².